The van der Waals surface area contributed by atoms with Crippen molar-refractivity contribution in [2.45, 2.75) is 38.6 Å². The van der Waals surface area contributed by atoms with Gasteiger partial charge in [-0.15, -0.1) is 0 Å². The first-order valence-corrected chi connectivity index (χ1v) is 8.36. The van der Waals surface area contributed by atoms with Gasteiger partial charge < -0.3 is 9.88 Å². The van der Waals surface area contributed by atoms with E-state index in [0.29, 0.717) is 23.6 Å². The predicted octanol–water partition coefficient (Wildman–Crippen LogP) is 0.130. The third-order valence-electron chi connectivity index (χ3n) is 4.82. The summed E-state index contributed by atoms with van der Waals surface area (Å²) >= 11 is 0. The van der Waals surface area contributed by atoms with Crippen molar-refractivity contribution < 1.29 is 4.79 Å². The maximum atomic E-state index is 12.5. The summed E-state index contributed by atoms with van der Waals surface area (Å²) in [5, 5.41) is 2.86. The molecule has 0 atom stereocenters. The SMILES string of the molecule is Cn1cnc2c1c(=O)n(CC(=O)NCC1CCCCC1)c(=O)n2C. The zero-order valence-electron chi connectivity index (χ0n) is 14.1. The molecule has 2 aromatic rings. The minimum atomic E-state index is -0.529. The van der Waals surface area contributed by atoms with Gasteiger partial charge in [0, 0.05) is 20.6 Å². The number of nitrogens with one attached hydrogen (secondary N) is 1. The van der Waals surface area contributed by atoms with Crippen molar-refractivity contribution in [3.8, 4) is 0 Å². The lowest BCUT2D eigenvalue weighted by Crippen LogP contribution is -2.44. The van der Waals surface area contributed by atoms with Crippen LogP contribution in [-0.2, 0) is 25.4 Å². The largest absolute Gasteiger partial charge is 0.354 e. The molecule has 0 aromatic carbocycles. The summed E-state index contributed by atoms with van der Waals surface area (Å²) in [6, 6.07) is 0. The Labute approximate surface area is 139 Å². The molecule has 1 aliphatic rings. The first kappa shape index (κ1) is 16.5. The molecule has 0 unspecified atom stereocenters. The van der Waals surface area contributed by atoms with Crippen LogP contribution in [0.4, 0.5) is 0 Å². The van der Waals surface area contributed by atoms with E-state index in [0.717, 1.165) is 17.4 Å². The smallest absolute Gasteiger partial charge is 0.332 e. The molecule has 2 heterocycles. The van der Waals surface area contributed by atoms with Gasteiger partial charge in [-0.25, -0.2) is 14.3 Å². The molecule has 8 heteroatoms. The van der Waals surface area contributed by atoms with Gasteiger partial charge in [0.1, 0.15) is 6.54 Å². The average molecular weight is 333 g/mol. The van der Waals surface area contributed by atoms with E-state index in [1.54, 1.807) is 18.7 Å². The number of nitrogens with zero attached hydrogens (tertiary/aromatic N) is 4. The molecule has 2 aromatic heterocycles. The topological polar surface area (TPSA) is 90.9 Å². The molecule has 0 radical (unpaired) electrons. The van der Waals surface area contributed by atoms with E-state index >= 15 is 0 Å². The Hall–Kier alpha value is -2.38. The minimum Gasteiger partial charge on any atom is -0.354 e. The Morgan fingerprint density at radius 1 is 1.25 bits per heavy atom. The Morgan fingerprint density at radius 3 is 2.67 bits per heavy atom. The van der Waals surface area contributed by atoms with Crippen LogP contribution in [0.2, 0.25) is 0 Å². The minimum absolute atomic E-state index is 0.265. The third kappa shape index (κ3) is 3.00. The van der Waals surface area contributed by atoms with Crippen LogP contribution in [0.5, 0.6) is 0 Å². The summed E-state index contributed by atoms with van der Waals surface area (Å²) in [4.78, 5) is 41.1. The summed E-state index contributed by atoms with van der Waals surface area (Å²) in [6.45, 7) is 0.348. The lowest BCUT2D eigenvalue weighted by atomic mass is 9.89. The lowest BCUT2D eigenvalue weighted by molar-refractivity contribution is -0.122. The number of aryl methyl sites for hydroxylation is 2. The maximum Gasteiger partial charge on any atom is 0.332 e. The van der Waals surface area contributed by atoms with Crippen LogP contribution in [0.15, 0.2) is 15.9 Å². The van der Waals surface area contributed by atoms with E-state index < -0.39 is 11.2 Å². The van der Waals surface area contributed by atoms with Crippen LogP contribution < -0.4 is 16.6 Å². The van der Waals surface area contributed by atoms with Crippen molar-refractivity contribution in [1.29, 1.82) is 0 Å². The first-order chi connectivity index (χ1) is 11.5. The first-order valence-electron chi connectivity index (χ1n) is 8.36. The zero-order chi connectivity index (χ0) is 17.3. The second kappa shape index (κ2) is 6.62. The lowest BCUT2D eigenvalue weighted by Gasteiger charge is -2.21. The molecule has 130 valence electrons. The van der Waals surface area contributed by atoms with Gasteiger partial charge in [-0.3, -0.25) is 14.2 Å². The number of imidazole rings is 1. The number of carbonyl (C=O) groups is 1. The standard InChI is InChI=1S/C16H23N5O3/c1-19-10-18-14-13(19)15(23)21(16(24)20(14)2)9-12(22)17-8-11-6-4-3-5-7-11/h10-11H,3-9H2,1-2H3,(H,17,22). The Balaban J connectivity index is 1.79. The molecule has 1 aliphatic carbocycles. The van der Waals surface area contributed by atoms with Crippen molar-refractivity contribution in [2.24, 2.45) is 20.0 Å². The molecule has 0 aliphatic heterocycles. The van der Waals surface area contributed by atoms with Gasteiger partial charge in [0.2, 0.25) is 5.91 Å². The molecule has 0 bridgehead atoms. The van der Waals surface area contributed by atoms with Crippen LogP contribution in [0.3, 0.4) is 0 Å². The molecule has 24 heavy (non-hydrogen) atoms. The fraction of sp³-hybridized carbons (Fsp3) is 0.625. The van der Waals surface area contributed by atoms with E-state index in [-0.39, 0.29) is 12.5 Å². The summed E-state index contributed by atoms with van der Waals surface area (Å²) in [6.07, 6.45) is 7.42. The van der Waals surface area contributed by atoms with Crippen molar-refractivity contribution in [3.63, 3.8) is 0 Å². The zero-order valence-corrected chi connectivity index (χ0v) is 14.1. The second-order valence-corrected chi connectivity index (χ2v) is 6.57. The van der Waals surface area contributed by atoms with Gasteiger partial charge >= 0.3 is 5.69 Å². The summed E-state index contributed by atoms with van der Waals surface area (Å²) in [5.74, 6) is 0.197. The molecule has 0 spiro atoms. The fourth-order valence-electron chi connectivity index (χ4n) is 3.38. The molecule has 1 saturated carbocycles. The second-order valence-electron chi connectivity index (χ2n) is 6.57. The highest BCUT2D eigenvalue weighted by molar-refractivity contribution is 5.76. The van der Waals surface area contributed by atoms with Crippen LogP contribution in [-0.4, -0.2) is 31.1 Å². The number of hydrogen-bond donors (Lipinski definition) is 1. The number of aromatic nitrogens is 4. The van der Waals surface area contributed by atoms with E-state index in [2.05, 4.69) is 10.3 Å². The molecular formula is C16H23N5O3. The molecule has 8 nitrogen and oxygen atoms in total. The monoisotopic (exact) mass is 333 g/mol. The quantitative estimate of drug-likeness (QED) is 0.861. The number of hydrogen-bond acceptors (Lipinski definition) is 4. The highest BCUT2D eigenvalue weighted by Crippen LogP contribution is 2.22. The highest BCUT2D eigenvalue weighted by Gasteiger charge is 2.18. The van der Waals surface area contributed by atoms with E-state index in [1.807, 2.05) is 0 Å². The number of fused-ring (bicyclic) bond motifs is 1. The van der Waals surface area contributed by atoms with Crippen LogP contribution in [0.25, 0.3) is 11.2 Å². The maximum absolute atomic E-state index is 12.5. The Morgan fingerprint density at radius 2 is 1.96 bits per heavy atom. The number of rotatable bonds is 4. The molecule has 1 fully saturated rings. The van der Waals surface area contributed by atoms with Gasteiger partial charge in [0.25, 0.3) is 5.56 Å². The van der Waals surface area contributed by atoms with Gasteiger partial charge in [0.15, 0.2) is 11.2 Å². The van der Waals surface area contributed by atoms with Crippen LogP contribution in [0.1, 0.15) is 32.1 Å². The summed E-state index contributed by atoms with van der Waals surface area (Å²) in [5.41, 5.74) is -0.372. The number of carbonyl (C=O) groups excluding carboxylic acids is 1. The summed E-state index contributed by atoms with van der Waals surface area (Å²) in [7, 11) is 3.24. The van der Waals surface area contributed by atoms with E-state index in [9.17, 15) is 14.4 Å². The van der Waals surface area contributed by atoms with Gasteiger partial charge in [-0.2, -0.15) is 0 Å². The molecule has 0 saturated heterocycles. The number of amides is 1. The predicted molar refractivity (Wildman–Crippen MR) is 89.8 cm³/mol. The Kier molecular flexibility index (Phi) is 4.55. The normalized spacial score (nSPS) is 15.8. The van der Waals surface area contributed by atoms with Crippen molar-refractivity contribution in [1.82, 2.24) is 24.0 Å². The van der Waals surface area contributed by atoms with Crippen LogP contribution >= 0.6 is 0 Å². The highest BCUT2D eigenvalue weighted by atomic mass is 16.2. The van der Waals surface area contributed by atoms with Gasteiger partial charge in [-0.1, -0.05) is 19.3 Å². The van der Waals surface area contributed by atoms with Gasteiger partial charge in [-0.05, 0) is 18.8 Å². The summed E-state index contributed by atoms with van der Waals surface area (Å²) < 4.78 is 3.83. The molecular weight excluding hydrogens is 310 g/mol. The van der Waals surface area contributed by atoms with Gasteiger partial charge in [0.05, 0.1) is 6.33 Å². The van der Waals surface area contributed by atoms with E-state index in [4.69, 9.17) is 0 Å². The molecule has 3 rings (SSSR count). The van der Waals surface area contributed by atoms with Crippen LogP contribution in [0, 0.1) is 5.92 Å². The van der Waals surface area contributed by atoms with Crippen molar-refractivity contribution in [2.75, 3.05) is 6.54 Å². The average Bonchev–Trinajstić information content (AvgIpc) is 2.98. The fourth-order valence-corrected chi connectivity index (χ4v) is 3.38. The van der Waals surface area contributed by atoms with E-state index in [1.165, 1.54) is 30.2 Å². The van der Waals surface area contributed by atoms with Crippen molar-refractivity contribution in [3.05, 3.63) is 27.2 Å². The van der Waals surface area contributed by atoms with Crippen molar-refractivity contribution >= 4 is 17.1 Å². The molecule has 1 amide bonds. The molecule has 1 N–H and O–H groups in total. The Bertz CT molecular complexity index is 870. The third-order valence-corrected chi connectivity index (χ3v) is 4.82.